The highest BCUT2D eigenvalue weighted by Crippen LogP contribution is 2.35. The van der Waals surface area contributed by atoms with E-state index in [2.05, 4.69) is 32.1 Å². The Morgan fingerprint density at radius 1 is 0.814 bits per heavy atom. The van der Waals surface area contributed by atoms with E-state index in [9.17, 15) is 8.42 Å². The first kappa shape index (κ1) is 28.3. The van der Waals surface area contributed by atoms with E-state index in [0.29, 0.717) is 33.9 Å². The first-order chi connectivity index (χ1) is 20.9. The molecule has 6 rings (SSSR count). The summed E-state index contributed by atoms with van der Waals surface area (Å²) in [6.45, 7) is 0.782. The SMILES string of the molecule is COc1cc(Nc2nc3ccccc3nc2NS(=O)(=O)c2ccccc2N2CCCC2Cc2ccccc2)cc(OC)c1. The molecule has 4 aromatic carbocycles. The Bertz CT molecular complexity index is 1830. The van der Waals surface area contributed by atoms with Gasteiger partial charge in [-0.2, -0.15) is 0 Å². The van der Waals surface area contributed by atoms with Crippen LogP contribution in [0.3, 0.4) is 0 Å². The Hall–Kier alpha value is -4.83. The Kier molecular flexibility index (Phi) is 8.02. The monoisotopic (exact) mass is 595 g/mol. The molecule has 10 heteroatoms. The number of anilines is 4. The molecule has 1 aromatic heterocycles. The van der Waals surface area contributed by atoms with Crippen LogP contribution in [0.5, 0.6) is 11.5 Å². The van der Waals surface area contributed by atoms with Crippen LogP contribution in [0.25, 0.3) is 11.0 Å². The summed E-state index contributed by atoms with van der Waals surface area (Å²) < 4.78 is 41.8. The maximum Gasteiger partial charge on any atom is 0.265 e. The van der Waals surface area contributed by atoms with Gasteiger partial charge < -0.3 is 19.7 Å². The van der Waals surface area contributed by atoms with Gasteiger partial charge in [0.05, 0.1) is 30.9 Å². The maximum absolute atomic E-state index is 14.1. The van der Waals surface area contributed by atoms with Crippen molar-refractivity contribution in [2.45, 2.75) is 30.2 Å². The zero-order valence-corrected chi connectivity index (χ0v) is 24.8. The molecule has 1 fully saturated rings. The van der Waals surface area contributed by atoms with Gasteiger partial charge in [0.25, 0.3) is 10.0 Å². The van der Waals surface area contributed by atoms with Crippen molar-refractivity contribution in [1.82, 2.24) is 9.97 Å². The van der Waals surface area contributed by atoms with Gasteiger partial charge in [0.2, 0.25) is 0 Å². The maximum atomic E-state index is 14.1. The quantitative estimate of drug-likeness (QED) is 0.191. The molecule has 0 spiro atoms. The molecule has 5 aromatic rings. The van der Waals surface area contributed by atoms with Crippen molar-refractivity contribution >= 4 is 44.1 Å². The van der Waals surface area contributed by atoms with Gasteiger partial charge in [0.1, 0.15) is 16.4 Å². The Labute approximate surface area is 251 Å². The van der Waals surface area contributed by atoms with Gasteiger partial charge in [-0.05, 0) is 49.1 Å². The van der Waals surface area contributed by atoms with Crippen LogP contribution in [0.1, 0.15) is 18.4 Å². The first-order valence-electron chi connectivity index (χ1n) is 14.1. The molecule has 43 heavy (non-hydrogen) atoms. The number of hydrogen-bond acceptors (Lipinski definition) is 8. The normalized spacial score (nSPS) is 14.9. The molecule has 220 valence electrons. The Morgan fingerprint density at radius 3 is 2.14 bits per heavy atom. The summed E-state index contributed by atoms with van der Waals surface area (Å²) in [7, 11) is -0.939. The molecular weight excluding hydrogens is 562 g/mol. The van der Waals surface area contributed by atoms with Crippen molar-refractivity contribution in [1.29, 1.82) is 0 Å². The summed E-state index contributed by atoms with van der Waals surface area (Å²) in [5, 5.41) is 3.22. The minimum Gasteiger partial charge on any atom is -0.497 e. The van der Waals surface area contributed by atoms with Crippen molar-refractivity contribution < 1.29 is 17.9 Å². The van der Waals surface area contributed by atoms with Crippen LogP contribution in [-0.2, 0) is 16.4 Å². The highest BCUT2D eigenvalue weighted by atomic mass is 32.2. The van der Waals surface area contributed by atoms with Gasteiger partial charge in [-0.3, -0.25) is 4.72 Å². The summed E-state index contributed by atoms with van der Waals surface area (Å²) >= 11 is 0. The lowest BCUT2D eigenvalue weighted by Gasteiger charge is -2.29. The number of nitrogens with one attached hydrogen (secondary N) is 2. The van der Waals surface area contributed by atoms with E-state index in [-0.39, 0.29) is 22.6 Å². The van der Waals surface area contributed by atoms with Crippen molar-refractivity contribution in [3.63, 3.8) is 0 Å². The number of aromatic nitrogens is 2. The molecule has 2 heterocycles. The van der Waals surface area contributed by atoms with Gasteiger partial charge in [-0.1, -0.05) is 54.6 Å². The Morgan fingerprint density at radius 2 is 1.44 bits per heavy atom. The lowest BCUT2D eigenvalue weighted by molar-refractivity contribution is 0.395. The number of ether oxygens (including phenoxy) is 2. The number of sulfonamides is 1. The molecule has 1 aliphatic heterocycles. The van der Waals surface area contributed by atoms with Crippen LogP contribution in [-0.4, -0.2) is 45.2 Å². The molecule has 0 bridgehead atoms. The summed E-state index contributed by atoms with van der Waals surface area (Å²) in [5.41, 5.74) is 3.68. The summed E-state index contributed by atoms with van der Waals surface area (Å²) in [4.78, 5) is 11.8. The van der Waals surface area contributed by atoms with Crippen LogP contribution in [0.4, 0.5) is 23.0 Å². The first-order valence-corrected chi connectivity index (χ1v) is 15.6. The van der Waals surface area contributed by atoms with Gasteiger partial charge in [0.15, 0.2) is 11.6 Å². The smallest absolute Gasteiger partial charge is 0.265 e. The number of hydrogen-bond donors (Lipinski definition) is 2. The average Bonchev–Trinajstić information content (AvgIpc) is 3.49. The average molecular weight is 596 g/mol. The number of methoxy groups -OCH3 is 2. The number of fused-ring (bicyclic) bond motifs is 1. The third kappa shape index (κ3) is 6.19. The fourth-order valence-corrected chi connectivity index (χ4v) is 6.76. The molecule has 1 atom stereocenters. The summed E-state index contributed by atoms with van der Waals surface area (Å²) in [6.07, 6.45) is 2.83. The molecule has 0 amide bonds. The number of para-hydroxylation sites is 3. The van der Waals surface area contributed by atoms with E-state index < -0.39 is 10.0 Å². The fraction of sp³-hybridized carbons (Fsp3) is 0.212. The lowest BCUT2D eigenvalue weighted by Crippen LogP contribution is -2.32. The second kappa shape index (κ2) is 12.2. The molecule has 0 radical (unpaired) electrons. The van der Waals surface area contributed by atoms with E-state index >= 15 is 0 Å². The van der Waals surface area contributed by atoms with Crippen LogP contribution in [0.2, 0.25) is 0 Å². The Balaban J connectivity index is 1.36. The molecule has 0 saturated carbocycles. The molecule has 1 unspecified atom stereocenters. The second-order valence-electron chi connectivity index (χ2n) is 10.4. The highest BCUT2D eigenvalue weighted by Gasteiger charge is 2.30. The van der Waals surface area contributed by atoms with E-state index in [4.69, 9.17) is 14.5 Å². The lowest BCUT2D eigenvalue weighted by atomic mass is 10.0. The number of nitrogens with zero attached hydrogens (tertiary/aromatic N) is 3. The molecule has 1 aliphatic rings. The predicted molar refractivity (Wildman–Crippen MR) is 170 cm³/mol. The molecule has 1 saturated heterocycles. The zero-order chi connectivity index (χ0) is 29.8. The summed E-state index contributed by atoms with van der Waals surface area (Å²) in [6, 6.07) is 30.3. The zero-order valence-electron chi connectivity index (χ0n) is 24.0. The third-order valence-corrected chi connectivity index (χ3v) is 8.96. The van der Waals surface area contributed by atoms with E-state index in [1.54, 1.807) is 50.6 Å². The van der Waals surface area contributed by atoms with E-state index in [1.165, 1.54) is 5.56 Å². The van der Waals surface area contributed by atoms with Gasteiger partial charge in [-0.25, -0.2) is 18.4 Å². The molecule has 2 N–H and O–H groups in total. The molecule has 9 nitrogen and oxygen atoms in total. The number of rotatable bonds is 10. The number of benzene rings is 4. The molecular formula is C33H33N5O4S. The third-order valence-electron chi connectivity index (χ3n) is 7.57. The largest absolute Gasteiger partial charge is 0.497 e. The van der Waals surface area contributed by atoms with Crippen molar-refractivity contribution in [2.24, 2.45) is 0 Å². The standard InChI is InChI=1S/C33H33N5O4S/c1-41-26-20-24(21-27(22-26)42-2)34-32-33(36-29-15-7-6-14-28(29)35-32)37-43(39,40)31-17-9-8-16-30(31)38-18-10-13-25(38)19-23-11-4-3-5-12-23/h3-9,11-12,14-17,20-22,25H,10,13,18-19H2,1-2H3,(H,34,35)(H,36,37). The van der Waals surface area contributed by atoms with Gasteiger partial charge in [0, 0.05) is 36.5 Å². The van der Waals surface area contributed by atoms with Gasteiger partial charge >= 0.3 is 0 Å². The van der Waals surface area contributed by atoms with Crippen LogP contribution < -0.4 is 24.4 Å². The van der Waals surface area contributed by atoms with E-state index in [1.807, 2.05) is 48.5 Å². The van der Waals surface area contributed by atoms with Gasteiger partial charge in [-0.15, -0.1) is 0 Å². The van der Waals surface area contributed by atoms with Crippen LogP contribution in [0.15, 0.2) is 102 Å². The van der Waals surface area contributed by atoms with Crippen molar-refractivity contribution in [2.75, 3.05) is 35.7 Å². The predicted octanol–water partition coefficient (Wildman–Crippen LogP) is 6.40. The second-order valence-corrected chi connectivity index (χ2v) is 12.0. The van der Waals surface area contributed by atoms with Crippen LogP contribution in [0, 0.1) is 0 Å². The summed E-state index contributed by atoms with van der Waals surface area (Å²) in [5.74, 6) is 1.47. The highest BCUT2D eigenvalue weighted by molar-refractivity contribution is 7.92. The topological polar surface area (TPSA) is 106 Å². The fourth-order valence-electron chi connectivity index (χ4n) is 5.53. The molecule has 0 aliphatic carbocycles. The minimum atomic E-state index is -4.07. The van der Waals surface area contributed by atoms with Crippen LogP contribution >= 0.6 is 0 Å². The van der Waals surface area contributed by atoms with Crippen molar-refractivity contribution in [3.8, 4) is 11.5 Å². The minimum absolute atomic E-state index is 0.0811. The van der Waals surface area contributed by atoms with E-state index in [0.717, 1.165) is 25.8 Å². The van der Waals surface area contributed by atoms with Crippen molar-refractivity contribution in [3.05, 3.63) is 103 Å².